The van der Waals surface area contributed by atoms with Crippen molar-refractivity contribution in [1.29, 1.82) is 0 Å². The predicted molar refractivity (Wildman–Crippen MR) is 186 cm³/mol. The van der Waals surface area contributed by atoms with Crippen molar-refractivity contribution in [2.45, 2.75) is 0 Å². The Morgan fingerprint density at radius 1 is 0.490 bits per heavy atom. The second kappa shape index (κ2) is 34.4. The molecule has 0 aliphatic rings. The number of nitrogens with zero attached hydrogens (tertiary/aromatic N) is 3. The first-order valence-corrected chi connectivity index (χ1v) is 17.1. The monoisotopic (exact) mass is 738 g/mol. The number of nitro benzene ring substituents is 2. The van der Waals surface area contributed by atoms with E-state index in [9.17, 15) is 20.2 Å². The summed E-state index contributed by atoms with van der Waals surface area (Å²) in [7, 11) is 4.02. The third-order valence-electron chi connectivity index (χ3n) is 6.35. The lowest BCUT2D eigenvalue weighted by Gasteiger charge is -2.10. The van der Waals surface area contributed by atoms with Crippen LogP contribution >= 0.6 is 0 Å². The summed E-state index contributed by atoms with van der Waals surface area (Å²) in [6.07, 6.45) is 0. The Hall–Kier alpha value is -2.66. The van der Waals surface area contributed by atoms with Gasteiger partial charge in [0, 0.05) is 19.2 Å². The largest absolute Gasteiger partial charge is 0.378 e. The number of anilines is 1. The molecule has 1 aromatic carbocycles. The molecule has 0 spiro atoms. The Kier molecular flexibility index (Phi) is 31.3. The lowest BCUT2D eigenvalue weighted by atomic mass is 10.2. The van der Waals surface area contributed by atoms with Gasteiger partial charge in [-0.05, 0) is 20.2 Å². The average molecular weight is 739 g/mol. The summed E-state index contributed by atoms with van der Waals surface area (Å²) in [5, 5.41) is 24.8. The van der Waals surface area contributed by atoms with E-state index in [-0.39, 0.29) is 23.7 Å². The summed E-state index contributed by atoms with van der Waals surface area (Å²) in [4.78, 5) is 22.7. The Morgan fingerprint density at radius 3 is 1.10 bits per heavy atom. The molecule has 1 aromatic rings. The fourth-order valence-corrected chi connectivity index (χ4v) is 3.74. The van der Waals surface area contributed by atoms with Gasteiger partial charge in [0.05, 0.1) is 161 Å². The van der Waals surface area contributed by atoms with Gasteiger partial charge >= 0.3 is 0 Å². The highest BCUT2D eigenvalue weighted by molar-refractivity contribution is 5.65. The maximum atomic E-state index is 11.1. The van der Waals surface area contributed by atoms with Gasteiger partial charge in [-0.2, -0.15) is 0 Å². The van der Waals surface area contributed by atoms with Gasteiger partial charge in [0.2, 0.25) is 0 Å². The fraction of sp³-hybridized carbons (Fsp3) is 0.812. The number of ether oxygens (including phenoxy) is 11. The van der Waals surface area contributed by atoms with Gasteiger partial charge in [-0.25, -0.2) is 0 Å². The van der Waals surface area contributed by atoms with Crippen molar-refractivity contribution >= 4 is 17.1 Å². The molecule has 296 valence electrons. The van der Waals surface area contributed by atoms with E-state index in [1.807, 2.05) is 14.1 Å². The molecule has 0 aliphatic carbocycles. The van der Waals surface area contributed by atoms with Crippen molar-refractivity contribution < 1.29 is 62.0 Å². The molecule has 0 atom stereocenters. The summed E-state index contributed by atoms with van der Waals surface area (Å²) < 4.78 is 60.0. The number of hydrogen-bond donors (Lipinski definition) is 1. The standard InChI is InChI=1S/C32H58N4O15/c1-34(2)6-8-42-10-12-44-14-16-46-18-20-48-22-24-50-26-28-51-27-25-49-23-21-47-19-17-45-15-13-43-11-9-41-7-5-33-31-4-3-30(35(37)38)29-32(31)36(39)40/h3-4,29,33H,5-28H2,1-2H3. The number of hydrogen-bond acceptors (Lipinski definition) is 17. The van der Waals surface area contributed by atoms with E-state index in [4.69, 9.17) is 52.1 Å². The molecule has 0 bridgehead atoms. The van der Waals surface area contributed by atoms with Crippen molar-refractivity contribution in [2.75, 3.05) is 178 Å². The maximum absolute atomic E-state index is 11.1. The zero-order valence-electron chi connectivity index (χ0n) is 30.2. The summed E-state index contributed by atoms with van der Waals surface area (Å²) in [5.74, 6) is 0. The molecule has 0 amide bonds. The van der Waals surface area contributed by atoms with Crippen LogP contribution in [0.1, 0.15) is 0 Å². The molecule has 1 N–H and O–H groups in total. The number of nitro groups is 2. The number of non-ortho nitro benzene ring substituents is 1. The SMILES string of the molecule is CN(C)CCOCCOCCOCCOCCOCCOCCOCCOCCOCCOCCOCCNc1ccc([N+](=O)[O-])cc1[N+](=O)[O-]. The van der Waals surface area contributed by atoms with Gasteiger partial charge in [-0.3, -0.25) is 20.2 Å². The smallest absolute Gasteiger partial charge is 0.299 e. The molecule has 0 heterocycles. The van der Waals surface area contributed by atoms with Crippen LogP contribution < -0.4 is 5.32 Å². The molecule has 1 rings (SSSR count). The molecule has 0 saturated carbocycles. The Labute approximate surface area is 300 Å². The van der Waals surface area contributed by atoms with Gasteiger partial charge in [-0.15, -0.1) is 0 Å². The summed E-state index contributed by atoms with van der Waals surface area (Å²) in [6.45, 7) is 11.6. The topological polar surface area (TPSA) is 203 Å². The summed E-state index contributed by atoms with van der Waals surface area (Å²) >= 11 is 0. The third kappa shape index (κ3) is 29.6. The van der Waals surface area contributed by atoms with Crippen molar-refractivity contribution in [3.8, 4) is 0 Å². The number of rotatable bonds is 39. The maximum Gasteiger partial charge on any atom is 0.299 e. The zero-order chi connectivity index (χ0) is 37.0. The Morgan fingerprint density at radius 2 is 0.804 bits per heavy atom. The molecule has 0 aromatic heterocycles. The number of nitrogens with one attached hydrogen (secondary N) is 1. The molecular weight excluding hydrogens is 680 g/mol. The summed E-state index contributed by atoms with van der Waals surface area (Å²) in [5.41, 5.74) is -0.526. The molecule has 0 fully saturated rings. The van der Waals surface area contributed by atoms with Crippen molar-refractivity contribution in [1.82, 2.24) is 4.90 Å². The molecule has 51 heavy (non-hydrogen) atoms. The lowest BCUT2D eigenvalue weighted by molar-refractivity contribution is -0.393. The van der Waals surface area contributed by atoms with Crippen molar-refractivity contribution in [3.63, 3.8) is 0 Å². The van der Waals surface area contributed by atoms with Crippen molar-refractivity contribution in [2.24, 2.45) is 0 Å². The van der Waals surface area contributed by atoms with E-state index >= 15 is 0 Å². The van der Waals surface area contributed by atoms with Crippen LogP contribution in [0.25, 0.3) is 0 Å². The number of likely N-dealkylation sites (N-methyl/N-ethyl adjacent to an activating group) is 1. The zero-order valence-corrected chi connectivity index (χ0v) is 30.2. The first-order valence-electron chi connectivity index (χ1n) is 17.1. The molecule has 0 aliphatic heterocycles. The van der Waals surface area contributed by atoms with E-state index < -0.39 is 9.85 Å². The minimum atomic E-state index is -0.681. The van der Waals surface area contributed by atoms with E-state index in [0.717, 1.165) is 12.6 Å². The molecule has 0 unspecified atom stereocenters. The van der Waals surface area contributed by atoms with Crippen LogP contribution in [0.4, 0.5) is 17.1 Å². The van der Waals surface area contributed by atoms with E-state index in [1.54, 1.807) is 0 Å². The molecule has 0 saturated heterocycles. The summed E-state index contributed by atoms with van der Waals surface area (Å²) in [6, 6.07) is 3.43. The van der Waals surface area contributed by atoms with Gasteiger partial charge in [0.1, 0.15) is 5.69 Å². The van der Waals surface area contributed by atoms with Crippen LogP contribution in [-0.4, -0.2) is 187 Å². The van der Waals surface area contributed by atoms with Gasteiger partial charge in [-0.1, -0.05) is 0 Å². The number of benzene rings is 1. The Balaban J connectivity index is 1.71. The molecular formula is C32H58N4O15. The first kappa shape index (κ1) is 46.4. The molecule has 0 radical (unpaired) electrons. The fourth-order valence-electron chi connectivity index (χ4n) is 3.74. The predicted octanol–water partition coefficient (Wildman–Crippen LogP) is 1.66. The highest BCUT2D eigenvalue weighted by Gasteiger charge is 2.19. The minimum absolute atomic E-state index is 0.186. The first-order chi connectivity index (χ1) is 24.9. The van der Waals surface area contributed by atoms with Crippen LogP contribution in [0.15, 0.2) is 18.2 Å². The quantitative estimate of drug-likeness (QED) is 0.0580. The second-order valence-corrected chi connectivity index (χ2v) is 10.7. The van der Waals surface area contributed by atoms with Gasteiger partial charge in [0.25, 0.3) is 11.4 Å². The van der Waals surface area contributed by atoms with Crippen molar-refractivity contribution in [3.05, 3.63) is 38.4 Å². The Bertz CT molecular complexity index is 981. The second-order valence-electron chi connectivity index (χ2n) is 10.7. The van der Waals surface area contributed by atoms with Crippen LogP contribution in [0.3, 0.4) is 0 Å². The molecule has 19 nitrogen and oxygen atoms in total. The van der Waals surface area contributed by atoms with Crippen LogP contribution in [-0.2, 0) is 52.1 Å². The highest BCUT2D eigenvalue weighted by atomic mass is 16.6. The van der Waals surface area contributed by atoms with Crippen LogP contribution in [0.5, 0.6) is 0 Å². The normalized spacial score (nSPS) is 11.4. The van der Waals surface area contributed by atoms with Crippen LogP contribution in [0, 0.1) is 20.2 Å². The van der Waals surface area contributed by atoms with E-state index in [0.29, 0.717) is 145 Å². The van der Waals surface area contributed by atoms with Gasteiger partial charge < -0.3 is 62.3 Å². The van der Waals surface area contributed by atoms with E-state index in [2.05, 4.69) is 10.2 Å². The lowest BCUT2D eigenvalue weighted by Crippen LogP contribution is -2.19. The molecule has 19 heteroatoms. The average Bonchev–Trinajstić information content (AvgIpc) is 3.11. The van der Waals surface area contributed by atoms with E-state index in [1.165, 1.54) is 12.1 Å². The van der Waals surface area contributed by atoms with Gasteiger partial charge in [0.15, 0.2) is 0 Å². The third-order valence-corrected chi connectivity index (χ3v) is 6.35. The highest BCUT2D eigenvalue weighted by Crippen LogP contribution is 2.28. The minimum Gasteiger partial charge on any atom is -0.378 e. The van der Waals surface area contributed by atoms with Crippen LogP contribution in [0.2, 0.25) is 0 Å².